The summed E-state index contributed by atoms with van der Waals surface area (Å²) in [7, 11) is -3.66. The molecule has 0 saturated heterocycles. The number of halogens is 1. The molecule has 1 aromatic heterocycles. The van der Waals surface area contributed by atoms with Gasteiger partial charge < -0.3 is 5.11 Å². The van der Waals surface area contributed by atoms with Crippen molar-refractivity contribution in [1.29, 1.82) is 5.26 Å². The van der Waals surface area contributed by atoms with Gasteiger partial charge in [0.2, 0.25) is 10.0 Å². The molecule has 2 N–H and O–H groups in total. The highest BCUT2D eigenvalue weighted by atomic mass is 35.5. The van der Waals surface area contributed by atoms with Crippen molar-refractivity contribution in [2.45, 2.75) is 49.1 Å². The predicted molar refractivity (Wildman–Crippen MR) is 103 cm³/mol. The van der Waals surface area contributed by atoms with Crippen molar-refractivity contribution in [3.05, 3.63) is 47.1 Å². The maximum atomic E-state index is 12.6. The monoisotopic (exact) mass is 405 g/mol. The Balaban J connectivity index is 1.78. The number of hydrogen-bond donors (Lipinski definition) is 2. The molecule has 0 radical (unpaired) electrons. The highest BCUT2D eigenvalue weighted by Gasteiger charge is 2.31. The van der Waals surface area contributed by atoms with E-state index in [0.717, 1.165) is 0 Å². The smallest absolute Gasteiger partial charge is 0.240 e. The van der Waals surface area contributed by atoms with E-state index in [1.165, 1.54) is 24.4 Å². The number of sulfonamides is 1. The number of nitrogens with one attached hydrogen (secondary N) is 1. The third kappa shape index (κ3) is 4.66. The van der Waals surface area contributed by atoms with E-state index < -0.39 is 15.6 Å². The minimum atomic E-state index is -3.66. The molecule has 0 unspecified atom stereocenters. The molecule has 0 aliphatic heterocycles. The van der Waals surface area contributed by atoms with Crippen molar-refractivity contribution in [2.75, 3.05) is 0 Å². The lowest BCUT2D eigenvalue weighted by molar-refractivity contribution is 0.0163. The van der Waals surface area contributed by atoms with Crippen LogP contribution in [0.15, 0.2) is 41.4 Å². The van der Waals surface area contributed by atoms with Crippen molar-refractivity contribution >= 4 is 21.6 Å². The van der Waals surface area contributed by atoms with Crippen LogP contribution >= 0.6 is 11.6 Å². The van der Waals surface area contributed by atoms with Crippen LogP contribution in [0.4, 0.5) is 0 Å². The summed E-state index contributed by atoms with van der Waals surface area (Å²) in [5.74, 6) is 0. The van der Waals surface area contributed by atoms with Crippen LogP contribution in [0.5, 0.6) is 0 Å². The first-order valence-electron chi connectivity index (χ1n) is 8.61. The highest BCUT2D eigenvalue weighted by molar-refractivity contribution is 7.89. The summed E-state index contributed by atoms with van der Waals surface area (Å²) in [6.07, 6.45) is 3.79. The number of benzene rings is 1. The van der Waals surface area contributed by atoms with Gasteiger partial charge in [-0.15, -0.1) is 0 Å². The molecule has 142 valence electrons. The maximum Gasteiger partial charge on any atom is 0.240 e. The molecule has 0 spiro atoms. The van der Waals surface area contributed by atoms with Crippen LogP contribution in [-0.4, -0.2) is 30.2 Å². The fourth-order valence-electron chi connectivity index (χ4n) is 3.19. The Morgan fingerprint density at radius 1 is 1.30 bits per heavy atom. The van der Waals surface area contributed by atoms with E-state index in [1.54, 1.807) is 19.1 Å². The van der Waals surface area contributed by atoms with Crippen LogP contribution in [0.25, 0.3) is 11.3 Å². The number of nitriles is 1. The molecule has 1 aliphatic rings. The van der Waals surface area contributed by atoms with E-state index in [1.807, 2.05) is 6.07 Å². The van der Waals surface area contributed by atoms with E-state index in [0.29, 0.717) is 47.5 Å². The highest BCUT2D eigenvalue weighted by Crippen LogP contribution is 2.29. The summed E-state index contributed by atoms with van der Waals surface area (Å²) >= 11 is 5.86. The largest absolute Gasteiger partial charge is 0.390 e. The number of hydrogen-bond acceptors (Lipinski definition) is 5. The Labute approximate surface area is 163 Å². The topological polar surface area (TPSA) is 103 Å². The van der Waals surface area contributed by atoms with Crippen LogP contribution in [-0.2, 0) is 10.0 Å². The van der Waals surface area contributed by atoms with Crippen LogP contribution in [0.3, 0.4) is 0 Å². The average Bonchev–Trinajstić information content (AvgIpc) is 2.63. The van der Waals surface area contributed by atoms with Crippen molar-refractivity contribution < 1.29 is 13.5 Å². The molecule has 6 nitrogen and oxygen atoms in total. The van der Waals surface area contributed by atoms with Crippen molar-refractivity contribution in [2.24, 2.45) is 0 Å². The zero-order valence-corrected chi connectivity index (χ0v) is 16.4. The van der Waals surface area contributed by atoms with Crippen LogP contribution in [0.2, 0.25) is 5.02 Å². The second-order valence-corrected chi connectivity index (χ2v) is 9.23. The fourth-order valence-corrected chi connectivity index (χ4v) is 4.65. The number of aromatic nitrogens is 1. The molecule has 1 aromatic carbocycles. The first-order chi connectivity index (χ1) is 12.7. The van der Waals surface area contributed by atoms with E-state index in [-0.39, 0.29) is 10.9 Å². The molecule has 1 fully saturated rings. The molecular formula is C19H20ClN3O3S. The van der Waals surface area contributed by atoms with Gasteiger partial charge in [0.15, 0.2) is 0 Å². The molecule has 27 heavy (non-hydrogen) atoms. The summed E-state index contributed by atoms with van der Waals surface area (Å²) < 4.78 is 28.0. The standard InChI is InChI=1S/C19H20ClN3O3S/c1-19(24)8-6-16(7-9-19)23-27(25,26)17-4-2-13(3-5-17)18-14(11-21)10-15(20)12-22-18/h2-5,10,12,16,23-24H,6-9H2,1H3/t16-,19+. The summed E-state index contributed by atoms with van der Waals surface area (Å²) in [5, 5.41) is 19.6. The van der Waals surface area contributed by atoms with Gasteiger partial charge in [0.05, 0.1) is 26.8 Å². The second kappa shape index (κ2) is 7.56. The molecule has 1 saturated carbocycles. The summed E-state index contributed by atoms with van der Waals surface area (Å²) in [6, 6.07) is 9.62. The average molecular weight is 406 g/mol. The zero-order chi connectivity index (χ0) is 19.7. The number of aliphatic hydroxyl groups is 1. The van der Waals surface area contributed by atoms with E-state index in [2.05, 4.69) is 9.71 Å². The summed E-state index contributed by atoms with van der Waals surface area (Å²) in [5.41, 5.74) is 0.697. The molecule has 1 aliphatic carbocycles. The van der Waals surface area contributed by atoms with Gasteiger partial charge in [-0.25, -0.2) is 13.1 Å². The minimum Gasteiger partial charge on any atom is -0.390 e. The van der Waals surface area contributed by atoms with E-state index in [9.17, 15) is 18.8 Å². The van der Waals surface area contributed by atoms with Gasteiger partial charge in [-0.2, -0.15) is 5.26 Å². The van der Waals surface area contributed by atoms with Crippen LogP contribution < -0.4 is 4.72 Å². The maximum absolute atomic E-state index is 12.6. The number of nitrogens with zero attached hydrogens (tertiary/aromatic N) is 2. The van der Waals surface area contributed by atoms with E-state index in [4.69, 9.17) is 11.6 Å². The quantitative estimate of drug-likeness (QED) is 0.812. The summed E-state index contributed by atoms with van der Waals surface area (Å²) in [4.78, 5) is 4.32. The minimum absolute atomic E-state index is 0.149. The normalized spacial score (nSPS) is 23.0. The van der Waals surface area contributed by atoms with Crippen molar-refractivity contribution in [1.82, 2.24) is 9.71 Å². The molecule has 0 amide bonds. The Hall–Kier alpha value is -1.98. The van der Waals surface area contributed by atoms with Gasteiger partial charge in [0.1, 0.15) is 6.07 Å². The van der Waals surface area contributed by atoms with Gasteiger partial charge in [0.25, 0.3) is 0 Å². The van der Waals surface area contributed by atoms with Crippen LogP contribution in [0, 0.1) is 11.3 Å². The first kappa shape index (κ1) is 19.8. The van der Waals surface area contributed by atoms with Gasteiger partial charge >= 0.3 is 0 Å². The van der Waals surface area contributed by atoms with Gasteiger partial charge in [0, 0.05) is 17.8 Å². The molecule has 8 heteroatoms. The number of pyridine rings is 1. The SMILES string of the molecule is C[C@]1(O)CC[C@@H](NS(=O)(=O)c2ccc(-c3ncc(Cl)cc3C#N)cc2)CC1. The Morgan fingerprint density at radius 3 is 2.52 bits per heavy atom. The van der Waals surface area contributed by atoms with Gasteiger partial charge in [-0.1, -0.05) is 23.7 Å². The molecular weight excluding hydrogens is 386 g/mol. The van der Waals surface area contributed by atoms with E-state index >= 15 is 0 Å². The Kier molecular flexibility index (Phi) is 5.54. The molecule has 1 heterocycles. The lowest BCUT2D eigenvalue weighted by Gasteiger charge is -2.33. The predicted octanol–water partition coefficient (Wildman–Crippen LogP) is 3.25. The Bertz CT molecular complexity index is 972. The van der Waals surface area contributed by atoms with Crippen molar-refractivity contribution in [3.8, 4) is 17.3 Å². The lowest BCUT2D eigenvalue weighted by Crippen LogP contribution is -2.42. The molecule has 0 atom stereocenters. The molecule has 0 bridgehead atoms. The molecule has 2 aromatic rings. The Morgan fingerprint density at radius 2 is 1.93 bits per heavy atom. The van der Waals surface area contributed by atoms with Gasteiger partial charge in [-0.05, 0) is 50.8 Å². The summed E-state index contributed by atoms with van der Waals surface area (Å²) in [6.45, 7) is 1.77. The second-order valence-electron chi connectivity index (χ2n) is 7.08. The zero-order valence-electron chi connectivity index (χ0n) is 14.8. The first-order valence-corrected chi connectivity index (χ1v) is 10.5. The lowest BCUT2D eigenvalue weighted by atomic mass is 9.84. The fraction of sp³-hybridized carbons (Fsp3) is 0.368. The van der Waals surface area contributed by atoms with Crippen molar-refractivity contribution in [3.63, 3.8) is 0 Å². The van der Waals surface area contributed by atoms with Crippen LogP contribution in [0.1, 0.15) is 38.2 Å². The van der Waals surface area contributed by atoms with Gasteiger partial charge in [-0.3, -0.25) is 4.98 Å². The number of rotatable bonds is 4. The third-order valence-electron chi connectivity index (χ3n) is 4.80. The molecule has 3 rings (SSSR count). The third-order valence-corrected chi connectivity index (χ3v) is 6.54.